The van der Waals surface area contributed by atoms with Crippen molar-refractivity contribution >= 4 is 5.91 Å². The summed E-state index contributed by atoms with van der Waals surface area (Å²) in [7, 11) is 0. The van der Waals surface area contributed by atoms with Crippen molar-refractivity contribution in [1.29, 1.82) is 0 Å². The molecule has 0 saturated carbocycles. The lowest BCUT2D eigenvalue weighted by atomic mass is 9.90. The molecule has 3 heteroatoms. The van der Waals surface area contributed by atoms with E-state index in [9.17, 15) is 9.90 Å². The summed E-state index contributed by atoms with van der Waals surface area (Å²) < 4.78 is 0. The predicted molar refractivity (Wildman–Crippen MR) is 93.3 cm³/mol. The van der Waals surface area contributed by atoms with Crippen molar-refractivity contribution in [3.05, 3.63) is 71.8 Å². The van der Waals surface area contributed by atoms with Gasteiger partial charge >= 0.3 is 0 Å². The topological polar surface area (TPSA) is 49.3 Å². The largest absolute Gasteiger partial charge is 0.388 e. The molecule has 23 heavy (non-hydrogen) atoms. The molecule has 2 rings (SSSR count). The van der Waals surface area contributed by atoms with Crippen LogP contribution in [0.15, 0.2) is 60.7 Å². The van der Waals surface area contributed by atoms with Crippen LogP contribution in [0.4, 0.5) is 0 Å². The Morgan fingerprint density at radius 2 is 1.39 bits per heavy atom. The van der Waals surface area contributed by atoms with Crippen LogP contribution in [-0.4, -0.2) is 23.2 Å². The SMILES string of the molecule is CCC(O)(CC)CNC(=O)C(c1ccccc1)c1ccccc1. The lowest BCUT2D eigenvalue weighted by molar-refractivity contribution is -0.123. The van der Waals surface area contributed by atoms with Gasteiger partial charge in [0, 0.05) is 6.54 Å². The molecule has 0 heterocycles. The summed E-state index contributed by atoms with van der Waals surface area (Å²) >= 11 is 0. The summed E-state index contributed by atoms with van der Waals surface area (Å²) in [5.41, 5.74) is 1.06. The maximum absolute atomic E-state index is 12.8. The minimum atomic E-state index is -0.840. The molecule has 122 valence electrons. The zero-order valence-corrected chi connectivity index (χ0v) is 13.8. The number of amides is 1. The first-order chi connectivity index (χ1) is 11.1. The second kappa shape index (κ2) is 7.93. The number of carbonyl (C=O) groups excluding carboxylic acids is 1. The van der Waals surface area contributed by atoms with Crippen molar-refractivity contribution in [3.63, 3.8) is 0 Å². The Balaban J connectivity index is 2.23. The van der Waals surface area contributed by atoms with Crippen LogP contribution in [0.25, 0.3) is 0 Å². The Morgan fingerprint density at radius 3 is 1.78 bits per heavy atom. The summed E-state index contributed by atoms with van der Waals surface area (Å²) in [6.07, 6.45) is 1.23. The minimum Gasteiger partial charge on any atom is -0.388 e. The van der Waals surface area contributed by atoms with Crippen molar-refractivity contribution in [1.82, 2.24) is 5.32 Å². The normalized spacial score (nSPS) is 11.5. The van der Waals surface area contributed by atoms with E-state index < -0.39 is 5.60 Å². The Hall–Kier alpha value is -2.13. The van der Waals surface area contributed by atoms with Crippen LogP contribution in [0.3, 0.4) is 0 Å². The number of aliphatic hydroxyl groups is 1. The molecule has 0 unspecified atom stereocenters. The van der Waals surface area contributed by atoms with E-state index in [4.69, 9.17) is 0 Å². The molecular weight excluding hydrogens is 286 g/mol. The molecule has 0 aliphatic rings. The number of nitrogens with one attached hydrogen (secondary N) is 1. The third kappa shape index (κ3) is 4.42. The van der Waals surface area contributed by atoms with Crippen LogP contribution in [0.5, 0.6) is 0 Å². The maximum Gasteiger partial charge on any atom is 0.232 e. The van der Waals surface area contributed by atoms with Crippen molar-refractivity contribution in [3.8, 4) is 0 Å². The van der Waals surface area contributed by atoms with Gasteiger partial charge in [-0.2, -0.15) is 0 Å². The van der Waals surface area contributed by atoms with Gasteiger partial charge in [0.1, 0.15) is 0 Å². The summed E-state index contributed by atoms with van der Waals surface area (Å²) in [6.45, 7) is 4.14. The van der Waals surface area contributed by atoms with Gasteiger partial charge in [-0.3, -0.25) is 4.79 Å². The van der Waals surface area contributed by atoms with Crippen LogP contribution in [0.1, 0.15) is 43.7 Å². The molecule has 0 aliphatic carbocycles. The number of rotatable bonds is 7. The molecule has 0 atom stereocenters. The highest BCUT2D eigenvalue weighted by Gasteiger charge is 2.27. The smallest absolute Gasteiger partial charge is 0.232 e. The highest BCUT2D eigenvalue weighted by Crippen LogP contribution is 2.25. The summed E-state index contributed by atoms with van der Waals surface area (Å²) in [5.74, 6) is -0.446. The molecule has 0 bridgehead atoms. The van der Waals surface area contributed by atoms with Gasteiger partial charge in [0.25, 0.3) is 0 Å². The molecule has 1 amide bonds. The van der Waals surface area contributed by atoms with Crippen molar-refractivity contribution < 1.29 is 9.90 Å². The molecule has 0 saturated heterocycles. The molecule has 2 aromatic rings. The molecule has 2 N–H and O–H groups in total. The van der Waals surface area contributed by atoms with Gasteiger partial charge in [-0.15, -0.1) is 0 Å². The number of carbonyl (C=O) groups is 1. The van der Waals surface area contributed by atoms with E-state index in [2.05, 4.69) is 5.32 Å². The van der Waals surface area contributed by atoms with Gasteiger partial charge in [-0.05, 0) is 24.0 Å². The average Bonchev–Trinajstić information content (AvgIpc) is 2.62. The zero-order chi connectivity index (χ0) is 16.7. The van der Waals surface area contributed by atoms with E-state index in [1.165, 1.54) is 0 Å². The van der Waals surface area contributed by atoms with Crippen LogP contribution in [-0.2, 0) is 4.79 Å². The lowest BCUT2D eigenvalue weighted by Gasteiger charge is -2.27. The third-order valence-electron chi connectivity index (χ3n) is 4.44. The van der Waals surface area contributed by atoms with Gasteiger partial charge in [-0.1, -0.05) is 74.5 Å². The third-order valence-corrected chi connectivity index (χ3v) is 4.44. The van der Waals surface area contributed by atoms with Gasteiger partial charge in [0.15, 0.2) is 0 Å². The quantitative estimate of drug-likeness (QED) is 0.822. The number of hydrogen-bond donors (Lipinski definition) is 2. The maximum atomic E-state index is 12.8. The van der Waals surface area contributed by atoms with Crippen LogP contribution < -0.4 is 5.32 Å². The standard InChI is InChI=1S/C20H25NO2/c1-3-20(23,4-2)15-21-19(22)18(16-11-7-5-8-12-16)17-13-9-6-10-14-17/h5-14,18,23H,3-4,15H2,1-2H3,(H,21,22). The first-order valence-corrected chi connectivity index (χ1v) is 8.19. The van der Waals surface area contributed by atoms with Crippen LogP contribution >= 0.6 is 0 Å². The molecule has 3 nitrogen and oxygen atoms in total. The monoisotopic (exact) mass is 311 g/mol. The fraction of sp³-hybridized carbons (Fsp3) is 0.350. The van der Waals surface area contributed by atoms with Crippen LogP contribution in [0.2, 0.25) is 0 Å². The molecule has 0 fully saturated rings. The van der Waals surface area contributed by atoms with E-state index in [0.29, 0.717) is 12.8 Å². The van der Waals surface area contributed by atoms with Crippen LogP contribution in [0, 0.1) is 0 Å². The first kappa shape index (κ1) is 17.2. The Bertz CT molecular complexity index is 567. The lowest BCUT2D eigenvalue weighted by Crippen LogP contribution is -2.43. The fourth-order valence-corrected chi connectivity index (χ4v) is 2.64. The van der Waals surface area contributed by atoms with Crippen molar-refractivity contribution in [2.75, 3.05) is 6.54 Å². The van der Waals surface area contributed by atoms with E-state index in [1.54, 1.807) is 0 Å². The summed E-state index contributed by atoms with van der Waals surface area (Å²) in [6, 6.07) is 19.5. The van der Waals surface area contributed by atoms with E-state index in [-0.39, 0.29) is 18.4 Å². The Kier molecular flexibility index (Phi) is 5.94. The highest BCUT2D eigenvalue weighted by molar-refractivity contribution is 5.87. The molecule has 2 aromatic carbocycles. The Morgan fingerprint density at radius 1 is 0.957 bits per heavy atom. The summed E-state index contributed by atoms with van der Waals surface area (Å²) in [4.78, 5) is 12.8. The highest BCUT2D eigenvalue weighted by atomic mass is 16.3. The molecule has 0 radical (unpaired) electrons. The zero-order valence-electron chi connectivity index (χ0n) is 13.8. The minimum absolute atomic E-state index is 0.0808. The molecule has 0 aliphatic heterocycles. The predicted octanol–water partition coefficient (Wildman–Crippen LogP) is 3.49. The van der Waals surface area contributed by atoms with Gasteiger partial charge in [0.2, 0.25) is 5.91 Å². The van der Waals surface area contributed by atoms with Crippen molar-refractivity contribution in [2.45, 2.75) is 38.2 Å². The fourth-order valence-electron chi connectivity index (χ4n) is 2.64. The first-order valence-electron chi connectivity index (χ1n) is 8.19. The second-order valence-corrected chi connectivity index (χ2v) is 5.90. The summed E-state index contributed by atoms with van der Waals surface area (Å²) in [5, 5.41) is 13.3. The molecule has 0 spiro atoms. The van der Waals surface area contributed by atoms with E-state index >= 15 is 0 Å². The van der Waals surface area contributed by atoms with Gasteiger partial charge in [-0.25, -0.2) is 0 Å². The number of hydrogen-bond acceptors (Lipinski definition) is 2. The second-order valence-electron chi connectivity index (χ2n) is 5.90. The van der Waals surface area contributed by atoms with Gasteiger partial charge in [0.05, 0.1) is 11.5 Å². The molecular formula is C20H25NO2. The number of benzene rings is 2. The van der Waals surface area contributed by atoms with Gasteiger partial charge < -0.3 is 10.4 Å². The van der Waals surface area contributed by atoms with E-state index in [1.807, 2.05) is 74.5 Å². The average molecular weight is 311 g/mol. The van der Waals surface area contributed by atoms with Crippen molar-refractivity contribution in [2.24, 2.45) is 0 Å². The van der Waals surface area contributed by atoms with E-state index in [0.717, 1.165) is 11.1 Å². The Labute approximate surface area is 138 Å². The molecule has 0 aromatic heterocycles.